The highest BCUT2D eigenvalue weighted by Crippen LogP contribution is 2.31. The molecule has 0 heterocycles. The summed E-state index contributed by atoms with van der Waals surface area (Å²) in [5.41, 5.74) is 0.744. The molecule has 1 N–H and O–H groups in total. The number of carbonyl (C=O) groups is 1. The number of nitrogens with one attached hydrogen (secondary N) is 1. The Morgan fingerprint density at radius 3 is 2.42 bits per heavy atom. The van der Waals surface area contributed by atoms with Gasteiger partial charge in [0.15, 0.2) is 0 Å². The van der Waals surface area contributed by atoms with Crippen LogP contribution in [0.25, 0.3) is 0 Å². The lowest BCUT2D eigenvalue weighted by molar-refractivity contribution is -0.385. The van der Waals surface area contributed by atoms with Gasteiger partial charge in [0, 0.05) is 11.6 Å². The maximum absolute atomic E-state index is 12.6. The van der Waals surface area contributed by atoms with E-state index in [0.717, 1.165) is 12.1 Å². The van der Waals surface area contributed by atoms with E-state index in [2.05, 4.69) is 9.46 Å². The van der Waals surface area contributed by atoms with Gasteiger partial charge in [-0.05, 0) is 43.7 Å². The molecule has 0 aliphatic rings. The predicted octanol–water partition coefficient (Wildman–Crippen LogP) is 3.45. The quantitative estimate of drug-likeness (QED) is 0.468. The van der Waals surface area contributed by atoms with Gasteiger partial charge in [0.05, 0.1) is 33.2 Å². The molecule has 0 atom stereocenters. The number of nitrogens with zero attached hydrogens (tertiary/aromatic N) is 1. The number of aryl methyl sites for hydroxylation is 1. The summed E-state index contributed by atoms with van der Waals surface area (Å²) in [7, 11) is -2.89. The van der Waals surface area contributed by atoms with Crippen molar-refractivity contribution in [3.05, 3.63) is 62.2 Å². The van der Waals surface area contributed by atoms with Crippen molar-refractivity contribution >= 4 is 39.0 Å². The predicted molar refractivity (Wildman–Crippen MR) is 96.2 cm³/mol. The summed E-state index contributed by atoms with van der Waals surface area (Å²) in [5, 5.41) is 11.1. The first kappa shape index (κ1) is 19.7. The van der Waals surface area contributed by atoms with Gasteiger partial charge in [-0.1, -0.05) is 11.6 Å². The molecular weight excluding hydrogens is 384 g/mol. The summed E-state index contributed by atoms with van der Waals surface area (Å²) in [6.07, 6.45) is 0. The van der Waals surface area contributed by atoms with E-state index >= 15 is 0 Å². The van der Waals surface area contributed by atoms with E-state index in [-0.39, 0.29) is 26.7 Å². The van der Waals surface area contributed by atoms with Crippen LogP contribution in [-0.2, 0) is 14.8 Å². The van der Waals surface area contributed by atoms with Crippen molar-refractivity contribution in [2.75, 3.05) is 11.8 Å². The van der Waals surface area contributed by atoms with E-state index in [1.807, 2.05) is 0 Å². The van der Waals surface area contributed by atoms with Crippen molar-refractivity contribution in [1.82, 2.24) is 0 Å². The fourth-order valence-corrected chi connectivity index (χ4v) is 3.67. The number of halogens is 1. The van der Waals surface area contributed by atoms with Crippen LogP contribution in [0.5, 0.6) is 0 Å². The maximum Gasteiger partial charge on any atom is 0.337 e. The second-order valence-corrected chi connectivity index (χ2v) is 7.52. The average molecular weight is 399 g/mol. The largest absolute Gasteiger partial charge is 0.465 e. The fraction of sp³-hybridized carbons (Fsp3) is 0.188. The Kier molecular flexibility index (Phi) is 5.53. The van der Waals surface area contributed by atoms with Gasteiger partial charge in [-0.3, -0.25) is 14.8 Å². The molecule has 0 bridgehead atoms. The van der Waals surface area contributed by atoms with Crippen molar-refractivity contribution < 1.29 is 22.9 Å². The highest BCUT2D eigenvalue weighted by atomic mass is 35.5. The lowest BCUT2D eigenvalue weighted by atomic mass is 10.1. The second-order valence-electron chi connectivity index (χ2n) is 5.43. The van der Waals surface area contributed by atoms with Crippen molar-refractivity contribution in [2.24, 2.45) is 0 Å². The Morgan fingerprint density at radius 1 is 1.23 bits per heavy atom. The molecule has 0 aliphatic heterocycles. The third kappa shape index (κ3) is 3.94. The average Bonchev–Trinajstić information content (AvgIpc) is 2.57. The van der Waals surface area contributed by atoms with E-state index in [9.17, 15) is 23.3 Å². The first-order valence-electron chi connectivity index (χ1n) is 7.23. The molecule has 2 rings (SSSR count). The molecule has 0 radical (unpaired) electrons. The molecule has 26 heavy (non-hydrogen) atoms. The standard InChI is InChI=1S/C16H15ClN2O6S/c1-9-6-11(16(20)25-3)4-5-14(9)18-26(23,24)12-7-13(17)10(2)15(8-12)19(21)22/h4-8,18H,1-3H3. The number of methoxy groups -OCH3 is 1. The minimum Gasteiger partial charge on any atom is -0.465 e. The highest BCUT2D eigenvalue weighted by Gasteiger charge is 2.23. The van der Waals surface area contributed by atoms with Gasteiger partial charge in [-0.2, -0.15) is 0 Å². The smallest absolute Gasteiger partial charge is 0.337 e. The van der Waals surface area contributed by atoms with Crippen LogP contribution in [0.1, 0.15) is 21.5 Å². The molecule has 2 aromatic carbocycles. The van der Waals surface area contributed by atoms with E-state index in [4.69, 9.17) is 11.6 Å². The van der Waals surface area contributed by atoms with Gasteiger partial charge < -0.3 is 4.74 Å². The van der Waals surface area contributed by atoms with Crippen LogP contribution < -0.4 is 4.72 Å². The zero-order valence-corrected chi connectivity index (χ0v) is 15.6. The Morgan fingerprint density at radius 2 is 1.88 bits per heavy atom. The number of carbonyl (C=O) groups excluding carboxylic acids is 1. The molecule has 0 unspecified atom stereocenters. The minimum atomic E-state index is -4.12. The molecular formula is C16H15ClN2O6S. The summed E-state index contributed by atoms with van der Waals surface area (Å²) in [5.74, 6) is -0.552. The van der Waals surface area contributed by atoms with Crippen LogP contribution in [0.3, 0.4) is 0 Å². The van der Waals surface area contributed by atoms with Crippen LogP contribution in [0.2, 0.25) is 5.02 Å². The SMILES string of the molecule is COC(=O)c1ccc(NS(=O)(=O)c2cc(Cl)c(C)c([N+](=O)[O-])c2)c(C)c1. The number of sulfonamides is 1. The Hall–Kier alpha value is -2.65. The number of rotatable bonds is 5. The first-order valence-corrected chi connectivity index (χ1v) is 9.09. The van der Waals surface area contributed by atoms with E-state index in [1.165, 1.54) is 32.2 Å². The number of benzene rings is 2. The molecule has 0 saturated heterocycles. The van der Waals surface area contributed by atoms with Crippen molar-refractivity contribution in [3.8, 4) is 0 Å². The topological polar surface area (TPSA) is 116 Å². The highest BCUT2D eigenvalue weighted by molar-refractivity contribution is 7.92. The lowest BCUT2D eigenvalue weighted by Crippen LogP contribution is -2.15. The number of hydrogen-bond acceptors (Lipinski definition) is 6. The van der Waals surface area contributed by atoms with Crippen LogP contribution in [0.4, 0.5) is 11.4 Å². The van der Waals surface area contributed by atoms with Crippen molar-refractivity contribution in [3.63, 3.8) is 0 Å². The van der Waals surface area contributed by atoms with Gasteiger partial charge in [0.1, 0.15) is 0 Å². The summed E-state index contributed by atoms with van der Waals surface area (Å²) in [4.78, 5) is 21.6. The van der Waals surface area contributed by atoms with Crippen LogP contribution in [0, 0.1) is 24.0 Å². The first-order chi connectivity index (χ1) is 12.1. The third-order valence-corrected chi connectivity index (χ3v) is 5.43. The molecule has 10 heteroatoms. The second kappa shape index (κ2) is 7.30. The summed E-state index contributed by atoms with van der Waals surface area (Å²) >= 11 is 5.93. The number of esters is 1. The van der Waals surface area contributed by atoms with Crippen LogP contribution >= 0.6 is 11.6 Å². The van der Waals surface area contributed by atoms with Crippen molar-refractivity contribution in [2.45, 2.75) is 18.7 Å². The van der Waals surface area contributed by atoms with Gasteiger partial charge in [-0.25, -0.2) is 13.2 Å². The number of hydrogen-bond donors (Lipinski definition) is 1. The normalized spacial score (nSPS) is 11.1. The minimum absolute atomic E-state index is 0.0302. The molecule has 0 saturated carbocycles. The van der Waals surface area contributed by atoms with Gasteiger partial charge >= 0.3 is 5.97 Å². The molecule has 0 aliphatic carbocycles. The van der Waals surface area contributed by atoms with E-state index in [1.54, 1.807) is 6.92 Å². The third-order valence-electron chi connectivity index (χ3n) is 3.69. The maximum atomic E-state index is 12.6. The molecule has 0 fully saturated rings. The van der Waals surface area contributed by atoms with Gasteiger partial charge in [0.2, 0.25) is 0 Å². The Bertz CT molecular complexity index is 1000. The summed E-state index contributed by atoms with van der Waals surface area (Å²) in [6, 6.07) is 6.37. The molecule has 0 amide bonds. The number of anilines is 1. The fourth-order valence-electron chi connectivity index (χ4n) is 2.21. The number of nitro groups is 1. The zero-order valence-electron chi connectivity index (χ0n) is 14.1. The Balaban J connectivity index is 2.44. The van der Waals surface area contributed by atoms with Gasteiger partial charge in [0.25, 0.3) is 15.7 Å². The number of nitro benzene ring substituents is 1. The Labute approximate surface area is 154 Å². The van der Waals surface area contributed by atoms with Crippen LogP contribution in [0.15, 0.2) is 35.2 Å². The molecule has 138 valence electrons. The molecule has 0 spiro atoms. The van der Waals surface area contributed by atoms with Crippen molar-refractivity contribution in [1.29, 1.82) is 0 Å². The van der Waals surface area contributed by atoms with E-state index < -0.39 is 26.6 Å². The summed E-state index contributed by atoms with van der Waals surface area (Å²) < 4.78 is 32.1. The number of ether oxygens (including phenoxy) is 1. The van der Waals surface area contributed by atoms with Gasteiger partial charge in [-0.15, -0.1) is 0 Å². The zero-order chi connectivity index (χ0) is 19.6. The molecule has 8 nitrogen and oxygen atoms in total. The molecule has 2 aromatic rings. The van der Waals surface area contributed by atoms with Crippen LogP contribution in [-0.4, -0.2) is 26.4 Å². The monoisotopic (exact) mass is 398 g/mol. The molecule has 0 aromatic heterocycles. The lowest BCUT2D eigenvalue weighted by Gasteiger charge is -2.12. The van der Waals surface area contributed by atoms with E-state index in [0.29, 0.717) is 5.56 Å². The summed E-state index contributed by atoms with van der Waals surface area (Å²) in [6.45, 7) is 3.04.